The van der Waals surface area contributed by atoms with Crippen molar-refractivity contribution in [1.82, 2.24) is 15.1 Å². The van der Waals surface area contributed by atoms with Crippen LogP contribution in [-0.4, -0.2) is 61.1 Å². The maximum atomic E-state index is 12.2. The number of carbonyl (C=O) groups is 1. The van der Waals surface area contributed by atoms with Gasteiger partial charge in [-0.3, -0.25) is 14.6 Å². The first-order valence-electron chi connectivity index (χ1n) is 10.2. The van der Waals surface area contributed by atoms with Crippen LogP contribution in [0.1, 0.15) is 44.6 Å². The van der Waals surface area contributed by atoms with Gasteiger partial charge in [-0.1, -0.05) is 18.6 Å². The van der Waals surface area contributed by atoms with Gasteiger partial charge in [-0.15, -0.1) is 0 Å². The number of nitrogens with one attached hydrogen (secondary N) is 1. The number of ether oxygens (including phenoxy) is 1. The highest BCUT2D eigenvalue weighted by Gasteiger charge is 2.30. The molecule has 2 aliphatic rings. The number of hydrogen-bond acceptors (Lipinski definition) is 4. The predicted molar refractivity (Wildman–Crippen MR) is 104 cm³/mol. The maximum Gasteiger partial charge on any atom is 0.237 e. The molecule has 2 saturated heterocycles. The summed E-state index contributed by atoms with van der Waals surface area (Å²) in [5, 5.41) is 2.96. The molecule has 5 nitrogen and oxygen atoms in total. The zero-order valence-electron chi connectivity index (χ0n) is 16.1. The Morgan fingerprint density at radius 3 is 2.85 bits per heavy atom. The van der Waals surface area contributed by atoms with E-state index in [2.05, 4.69) is 33.3 Å². The molecule has 26 heavy (non-hydrogen) atoms. The van der Waals surface area contributed by atoms with Gasteiger partial charge in [0.05, 0.1) is 6.04 Å². The van der Waals surface area contributed by atoms with Gasteiger partial charge in [-0.2, -0.15) is 0 Å². The Balaban J connectivity index is 1.49. The molecule has 1 aromatic carbocycles. The van der Waals surface area contributed by atoms with Gasteiger partial charge in [-0.25, -0.2) is 0 Å². The summed E-state index contributed by atoms with van der Waals surface area (Å²) >= 11 is 0. The summed E-state index contributed by atoms with van der Waals surface area (Å²) in [4.78, 5) is 17.0. The number of nitrogens with zero attached hydrogens (tertiary/aromatic N) is 2. The molecule has 1 N–H and O–H groups in total. The lowest BCUT2D eigenvalue weighted by Gasteiger charge is -2.26. The van der Waals surface area contributed by atoms with Crippen LogP contribution in [0.5, 0.6) is 5.75 Å². The topological polar surface area (TPSA) is 44.8 Å². The fourth-order valence-electron chi connectivity index (χ4n) is 4.05. The summed E-state index contributed by atoms with van der Waals surface area (Å²) in [6.07, 6.45) is 6.05. The summed E-state index contributed by atoms with van der Waals surface area (Å²) < 4.78 is 5.99. The van der Waals surface area contributed by atoms with E-state index in [0.717, 1.165) is 44.8 Å². The van der Waals surface area contributed by atoms with E-state index in [1.54, 1.807) is 0 Å². The quantitative estimate of drug-likeness (QED) is 0.775. The van der Waals surface area contributed by atoms with Gasteiger partial charge in [0.2, 0.25) is 5.91 Å². The summed E-state index contributed by atoms with van der Waals surface area (Å²) in [6, 6.07) is 8.36. The second-order valence-electron chi connectivity index (χ2n) is 7.42. The number of likely N-dealkylation sites (tertiary alicyclic amines) is 2. The summed E-state index contributed by atoms with van der Waals surface area (Å²) in [5.74, 6) is 1.10. The van der Waals surface area contributed by atoms with E-state index in [0.29, 0.717) is 6.54 Å². The number of piperidine rings is 1. The van der Waals surface area contributed by atoms with Crippen molar-refractivity contribution in [2.24, 2.45) is 0 Å². The molecule has 2 fully saturated rings. The van der Waals surface area contributed by atoms with Gasteiger partial charge in [0, 0.05) is 19.6 Å². The standard InChI is InChI=1S/C21H33N3O2/c1-2-22-21(25)20-10-7-13-24(20)17-18-8-6-9-19(16-18)26-15-14-23-11-4-3-5-12-23/h6,8-9,16,20H,2-5,7,10-15,17H2,1H3,(H,22,25)/t20-/m0/s1. The molecular formula is C21H33N3O2. The zero-order chi connectivity index (χ0) is 18.2. The lowest BCUT2D eigenvalue weighted by atomic mass is 10.1. The average Bonchev–Trinajstić information content (AvgIpc) is 3.11. The number of rotatable bonds is 8. The first kappa shape index (κ1) is 19.2. The van der Waals surface area contributed by atoms with Crippen molar-refractivity contribution in [3.63, 3.8) is 0 Å². The highest BCUT2D eigenvalue weighted by atomic mass is 16.5. The van der Waals surface area contributed by atoms with Crippen LogP contribution in [0.25, 0.3) is 0 Å². The van der Waals surface area contributed by atoms with Crippen LogP contribution in [0, 0.1) is 0 Å². The molecule has 2 heterocycles. The van der Waals surface area contributed by atoms with Gasteiger partial charge in [0.15, 0.2) is 0 Å². The van der Waals surface area contributed by atoms with Crippen molar-refractivity contribution in [2.45, 2.75) is 51.6 Å². The Morgan fingerprint density at radius 1 is 1.19 bits per heavy atom. The molecule has 0 saturated carbocycles. The third-order valence-corrected chi connectivity index (χ3v) is 5.43. The average molecular weight is 360 g/mol. The van der Waals surface area contributed by atoms with Crippen molar-refractivity contribution >= 4 is 5.91 Å². The van der Waals surface area contributed by atoms with Gasteiger partial charge in [0.1, 0.15) is 12.4 Å². The SMILES string of the molecule is CCNC(=O)[C@@H]1CCCN1Cc1cccc(OCCN2CCCCC2)c1. The Morgan fingerprint density at radius 2 is 2.04 bits per heavy atom. The molecule has 0 bridgehead atoms. The Hall–Kier alpha value is -1.59. The van der Waals surface area contributed by atoms with Gasteiger partial charge in [0.25, 0.3) is 0 Å². The van der Waals surface area contributed by atoms with E-state index in [-0.39, 0.29) is 11.9 Å². The van der Waals surface area contributed by atoms with Crippen molar-refractivity contribution in [3.05, 3.63) is 29.8 Å². The lowest BCUT2D eigenvalue weighted by molar-refractivity contribution is -0.125. The molecule has 144 valence electrons. The summed E-state index contributed by atoms with van der Waals surface area (Å²) in [5.41, 5.74) is 1.22. The van der Waals surface area contributed by atoms with E-state index in [4.69, 9.17) is 4.74 Å². The highest BCUT2D eigenvalue weighted by Crippen LogP contribution is 2.22. The second-order valence-corrected chi connectivity index (χ2v) is 7.42. The molecule has 1 amide bonds. The van der Waals surface area contributed by atoms with Crippen molar-refractivity contribution in [3.8, 4) is 5.75 Å². The third-order valence-electron chi connectivity index (χ3n) is 5.43. The van der Waals surface area contributed by atoms with E-state index in [1.165, 1.54) is 37.9 Å². The largest absolute Gasteiger partial charge is 0.492 e. The molecule has 0 spiro atoms. The van der Waals surface area contributed by atoms with E-state index in [1.807, 2.05) is 13.0 Å². The Labute approximate surface area is 157 Å². The first-order chi connectivity index (χ1) is 12.8. The monoisotopic (exact) mass is 359 g/mol. The molecule has 0 aromatic heterocycles. The molecule has 1 atom stereocenters. The zero-order valence-corrected chi connectivity index (χ0v) is 16.1. The normalized spacial score (nSPS) is 21.7. The van der Waals surface area contributed by atoms with Crippen LogP contribution in [0.2, 0.25) is 0 Å². The number of carbonyl (C=O) groups excluding carboxylic acids is 1. The Kier molecular flexibility index (Phi) is 7.32. The van der Waals surface area contributed by atoms with Crippen LogP contribution in [-0.2, 0) is 11.3 Å². The minimum Gasteiger partial charge on any atom is -0.492 e. The van der Waals surface area contributed by atoms with Crippen LogP contribution < -0.4 is 10.1 Å². The second kappa shape index (κ2) is 9.93. The highest BCUT2D eigenvalue weighted by molar-refractivity contribution is 5.81. The lowest BCUT2D eigenvalue weighted by Crippen LogP contribution is -2.42. The summed E-state index contributed by atoms with van der Waals surface area (Å²) in [6.45, 7) is 8.64. The molecule has 5 heteroatoms. The number of likely N-dealkylation sites (N-methyl/N-ethyl adjacent to an activating group) is 1. The van der Waals surface area contributed by atoms with Crippen LogP contribution >= 0.6 is 0 Å². The van der Waals surface area contributed by atoms with E-state index < -0.39 is 0 Å². The molecule has 0 radical (unpaired) electrons. The van der Waals surface area contributed by atoms with Crippen molar-refractivity contribution < 1.29 is 9.53 Å². The van der Waals surface area contributed by atoms with Crippen LogP contribution in [0.4, 0.5) is 0 Å². The van der Waals surface area contributed by atoms with E-state index in [9.17, 15) is 4.79 Å². The van der Waals surface area contributed by atoms with Crippen LogP contribution in [0.3, 0.4) is 0 Å². The van der Waals surface area contributed by atoms with Gasteiger partial charge in [-0.05, 0) is 69.9 Å². The molecule has 0 unspecified atom stereocenters. The number of benzene rings is 1. The fourth-order valence-corrected chi connectivity index (χ4v) is 4.05. The first-order valence-corrected chi connectivity index (χ1v) is 10.2. The van der Waals surface area contributed by atoms with E-state index >= 15 is 0 Å². The molecule has 2 aliphatic heterocycles. The maximum absolute atomic E-state index is 12.2. The third kappa shape index (κ3) is 5.45. The number of hydrogen-bond donors (Lipinski definition) is 1. The molecule has 1 aromatic rings. The Bertz CT molecular complexity index is 572. The summed E-state index contributed by atoms with van der Waals surface area (Å²) in [7, 11) is 0. The smallest absolute Gasteiger partial charge is 0.237 e. The molecule has 3 rings (SSSR count). The molecule has 0 aliphatic carbocycles. The van der Waals surface area contributed by atoms with Gasteiger partial charge < -0.3 is 10.1 Å². The fraction of sp³-hybridized carbons (Fsp3) is 0.667. The minimum atomic E-state index is 0.0126. The van der Waals surface area contributed by atoms with Crippen molar-refractivity contribution in [1.29, 1.82) is 0 Å². The predicted octanol–water partition coefficient (Wildman–Crippen LogP) is 2.65. The van der Waals surface area contributed by atoms with Gasteiger partial charge >= 0.3 is 0 Å². The minimum absolute atomic E-state index is 0.0126. The van der Waals surface area contributed by atoms with Crippen molar-refractivity contribution in [2.75, 3.05) is 39.3 Å². The van der Waals surface area contributed by atoms with Crippen LogP contribution in [0.15, 0.2) is 24.3 Å². The number of amides is 1. The molecular weight excluding hydrogens is 326 g/mol.